The molecule has 0 saturated carbocycles. The summed E-state index contributed by atoms with van der Waals surface area (Å²) in [6.45, 7) is 0.427. The third-order valence-electron chi connectivity index (χ3n) is 4.55. The Labute approximate surface area is 169 Å². The summed E-state index contributed by atoms with van der Waals surface area (Å²) in [5, 5.41) is 7.37. The van der Waals surface area contributed by atoms with E-state index in [0.717, 1.165) is 11.3 Å². The standard InChI is InChI=1S/C23H21N3O3/c1-27-19-12-13-20(21(14-19)28-2)23-25-22(29-26-23)15-24-18-10-8-17(9-11-18)16-6-4-3-5-7-16/h3-14,24H,15H2,1-2H3. The molecular weight excluding hydrogens is 366 g/mol. The molecule has 0 spiro atoms. The first kappa shape index (κ1) is 18.6. The number of nitrogens with one attached hydrogen (secondary N) is 1. The second-order valence-electron chi connectivity index (χ2n) is 6.37. The maximum absolute atomic E-state index is 5.41. The number of rotatable bonds is 7. The van der Waals surface area contributed by atoms with E-state index in [2.05, 4.69) is 39.7 Å². The van der Waals surface area contributed by atoms with E-state index >= 15 is 0 Å². The quantitative estimate of drug-likeness (QED) is 0.479. The lowest BCUT2D eigenvalue weighted by Gasteiger charge is -2.07. The van der Waals surface area contributed by atoms with Gasteiger partial charge in [0.1, 0.15) is 11.5 Å². The van der Waals surface area contributed by atoms with E-state index in [0.29, 0.717) is 29.8 Å². The van der Waals surface area contributed by atoms with Gasteiger partial charge in [-0.3, -0.25) is 0 Å². The summed E-state index contributed by atoms with van der Waals surface area (Å²) in [4.78, 5) is 4.46. The fraction of sp³-hybridized carbons (Fsp3) is 0.130. The van der Waals surface area contributed by atoms with Gasteiger partial charge < -0.3 is 19.3 Å². The van der Waals surface area contributed by atoms with Crippen molar-refractivity contribution < 1.29 is 14.0 Å². The molecule has 1 heterocycles. The van der Waals surface area contributed by atoms with Crippen molar-refractivity contribution in [2.75, 3.05) is 19.5 Å². The van der Waals surface area contributed by atoms with Crippen LogP contribution in [0.4, 0.5) is 5.69 Å². The largest absolute Gasteiger partial charge is 0.497 e. The molecule has 4 aromatic rings. The van der Waals surface area contributed by atoms with Crippen molar-refractivity contribution in [3.05, 3.63) is 78.7 Å². The highest BCUT2D eigenvalue weighted by Crippen LogP contribution is 2.31. The molecule has 6 nitrogen and oxygen atoms in total. The van der Waals surface area contributed by atoms with Gasteiger partial charge in [-0.2, -0.15) is 4.98 Å². The third kappa shape index (κ3) is 4.21. The zero-order valence-corrected chi connectivity index (χ0v) is 16.3. The lowest BCUT2D eigenvalue weighted by molar-refractivity contribution is 0.382. The first-order valence-electron chi connectivity index (χ1n) is 9.21. The number of hydrogen-bond acceptors (Lipinski definition) is 6. The second-order valence-corrected chi connectivity index (χ2v) is 6.37. The van der Waals surface area contributed by atoms with E-state index in [1.807, 2.05) is 42.5 Å². The van der Waals surface area contributed by atoms with Crippen LogP contribution in [0.2, 0.25) is 0 Å². The monoisotopic (exact) mass is 387 g/mol. The topological polar surface area (TPSA) is 69.4 Å². The van der Waals surface area contributed by atoms with E-state index in [9.17, 15) is 0 Å². The van der Waals surface area contributed by atoms with Crippen molar-refractivity contribution >= 4 is 5.69 Å². The summed E-state index contributed by atoms with van der Waals surface area (Å²) < 4.78 is 16.0. The molecule has 0 bridgehead atoms. The van der Waals surface area contributed by atoms with Gasteiger partial charge in [0, 0.05) is 11.8 Å². The molecular formula is C23H21N3O3. The van der Waals surface area contributed by atoms with Gasteiger partial charge in [-0.05, 0) is 35.4 Å². The van der Waals surface area contributed by atoms with Gasteiger partial charge in [-0.1, -0.05) is 47.6 Å². The summed E-state index contributed by atoms with van der Waals surface area (Å²) in [6, 6.07) is 24.0. The molecule has 0 aliphatic heterocycles. The predicted octanol–water partition coefficient (Wildman–Crippen LogP) is 5.03. The van der Waals surface area contributed by atoms with Crippen molar-refractivity contribution in [3.63, 3.8) is 0 Å². The Morgan fingerprint density at radius 1 is 0.862 bits per heavy atom. The van der Waals surface area contributed by atoms with Crippen LogP contribution in [0.15, 0.2) is 77.3 Å². The summed E-state index contributed by atoms with van der Waals surface area (Å²) >= 11 is 0. The summed E-state index contributed by atoms with van der Waals surface area (Å²) in [7, 11) is 3.21. The van der Waals surface area contributed by atoms with E-state index in [4.69, 9.17) is 14.0 Å². The number of ether oxygens (including phenoxy) is 2. The van der Waals surface area contributed by atoms with Gasteiger partial charge in [0.15, 0.2) is 0 Å². The van der Waals surface area contributed by atoms with Crippen LogP contribution in [0.1, 0.15) is 5.89 Å². The van der Waals surface area contributed by atoms with Gasteiger partial charge in [0.25, 0.3) is 0 Å². The smallest absolute Gasteiger partial charge is 0.246 e. The molecule has 146 valence electrons. The SMILES string of the molecule is COc1ccc(-c2noc(CNc3ccc(-c4ccccc4)cc3)n2)c(OC)c1. The molecule has 0 amide bonds. The van der Waals surface area contributed by atoms with Crippen molar-refractivity contribution in [1.29, 1.82) is 0 Å². The number of benzene rings is 3. The second kappa shape index (κ2) is 8.48. The minimum absolute atomic E-state index is 0.427. The Balaban J connectivity index is 1.44. The highest BCUT2D eigenvalue weighted by atomic mass is 16.5. The van der Waals surface area contributed by atoms with Crippen LogP contribution in [0.5, 0.6) is 11.5 Å². The Morgan fingerprint density at radius 2 is 1.62 bits per heavy atom. The molecule has 0 radical (unpaired) electrons. The Morgan fingerprint density at radius 3 is 2.34 bits per heavy atom. The van der Waals surface area contributed by atoms with E-state index < -0.39 is 0 Å². The highest BCUT2D eigenvalue weighted by Gasteiger charge is 2.14. The van der Waals surface area contributed by atoms with Crippen LogP contribution < -0.4 is 14.8 Å². The molecule has 3 aromatic carbocycles. The zero-order valence-electron chi connectivity index (χ0n) is 16.3. The summed E-state index contributed by atoms with van der Waals surface area (Å²) in [5.74, 6) is 2.29. The average molecular weight is 387 g/mol. The number of aromatic nitrogens is 2. The van der Waals surface area contributed by atoms with Crippen molar-refractivity contribution in [1.82, 2.24) is 10.1 Å². The van der Waals surface area contributed by atoms with Gasteiger partial charge in [-0.25, -0.2) is 0 Å². The Kier molecular flexibility index (Phi) is 5.42. The minimum Gasteiger partial charge on any atom is -0.497 e. The number of anilines is 1. The first-order valence-corrected chi connectivity index (χ1v) is 9.21. The Bertz CT molecular complexity index is 1080. The van der Waals surface area contributed by atoms with Crippen LogP contribution in [-0.2, 0) is 6.54 Å². The van der Waals surface area contributed by atoms with Crippen LogP contribution in [0.25, 0.3) is 22.5 Å². The molecule has 0 saturated heterocycles. The lowest BCUT2D eigenvalue weighted by atomic mass is 10.1. The van der Waals surface area contributed by atoms with Crippen LogP contribution in [0, 0.1) is 0 Å². The fourth-order valence-corrected chi connectivity index (χ4v) is 3.01. The molecule has 1 aromatic heterocycles. The number of methoxy groups -OCH3 is 2. The molecule has 1 N–H and O–H groups in total. The molecule has 6 heteroatoms. The third-order valence-corrected chi connectivity index (χ3v) is 4.55. The predicted molar refractivity (Wildman–Crippen MR) is 112 cm³/mol. The molecule has 0 unspecified atom stereocenters. The molecule has 0 aliphatic rings. The fourth-order valence-electron chi connectivity index (χ4n) is 3.01. The Hall–Kier alpha value is -3.80. The molecule has 0 aliphatic carbocycles. The van der Waals surface area contributed by atoms with Gasteiger partial charge >= 0.3 is 0 Å². The maximum Gasteiger partial charge on any atom is 0.246 e. The van der Waals surface area contributed by atoms with Crippen LogP contribution in [0.3, 0.4) is 0 Å². The maximum atomic E-state index is 5.41. The van der Waals surface area contributed by atoms with E-state index in [-0.39, 0.29) is 0 Å². The summed E-state index contributed by atoms with van der Waals surface area (Å²) in [6.07, 6.45) is 0. The van der Waals surface area contributed by atoms with Crippen molar-refractivity contribution in [3.8, 4) is 34.0 Å². The first-order chi connectivity index (χ1) is 14.3. The van der Waals surface area contributed by atoms with Gasteiger partial charge in [0.2, 0.25) is 11.7 Å². The summed E-state index contributed by atoms with van der Waals surface area (Å²) in [5.41, 5.74) is 4.08. The normalized spacial score (nSPS) is 10.6. The number of nitrogens with zero attached hydrogens (tertiary/aromatic N) is 2. The molecule has 0 atom stereocenters. The molecule has 29 heavy (non-hydrogen) atoms. The van der Waals surface area contributed by atoms with Crippen molar-refractivity contribution in [2.45, 2.75) is 6.54 Å². The van der Waals surface area contributed by atoms with Crippen LogP contribution >= 0.6 is 0 Å². The van der Waals surface area contributed by atoms with Gasteiger partial charge in [0.05, 0.1) is 26.3 Å². The average Bonchev–Trinajstić information content (AvgIpc) is 3.27. The minimum atomic E-state index is 0.427. The van der Waals surface area contributed by atoms with Crippen molar-refractivity contribution in [2.24, 2.45) is 0 Å². The van der Waals surface area contributed by atoms with Gasteiger partial charge in [-0.15, -0.1) is 0 Å². The number of hydrogen-bond donors (Lipinski definition) is 1. The van der Waals surface area contributed by atoms with E-state index in [1.54, 1.807) is 20.3 Å². The zero-order chi connectivity index (χ0) is 20.1. The highest BCUT2D eigenvalue weighted by molar-refractivity contribution is 5.66. The van der Waals surface area contributed by atoms with Crippen LogP contribution in [-0.4, -0.2) is 24.4 Å². The lowest BCUT2D eigenvalue weighted by Crippen LogP contribution is -1.99. The van der Waals surface area contributed by atoms with E-state index in [1.165, 1.54) is 11.1 Å². The molecule has 4 rings (SSSR count). The molecule has 0 fully saturated rings.